The molecule has 0 unspecified atom stereocenters. The van der Waals surface area contributed by atoms with Gasteiger partial charge in [0.1, 0.15) is 11.6 Å². The lowest BCUT2D eigenvalue weighted by atomic mass is 9.96. The number of ether oxygens (including phenoxy) is 1. The molecule has 1 saturated carbocycles. The minimum Gasteiger partial charge on any atom is -0.490 e. The molecule has 6 heteroatoms. The number of hydrogen-bond donors (Lipinski definition) is 2. The standard InChI is InChI=1S/C17H18ClN3O2/c18-14-8-12(16(19)22)10-21-17(14)20-9-11-4-1-2-7-15(11)23-13-5-3-6-13/h1-2,4,7-8,10,13H,3,5-6,9H2,(H2,19,22)(H,20,21). The van der Waals surface area contributed by atoms with Gasteiger partial charge in [0.05, 0.1) is 16.7 Å². The van der Waals surface area contributed by atoms with Crippen molar-refractivity contribution in [3.05, 3.63) is 52.7 Å². The Morgan fingerprint density at radius 3 is 2.83 bits per heavy atom. The minimum atomic E-state index is -0.551. The number of anilines is 1. The molecule has 1 aliphatic rings. The third kappa shape index (κ3) is 3.74. The van der Waals surface area contributed by atoms with Crippen LogP contribution in [0, 0.1) is 0 Å². The second kappa shape index (κ2) is 6.87. The molecule has 2 aromatic rings. The lowest BCUT2D eigenvalue weighted by molar-refractivity contribution is 0.1000. The Hall–Kier alpha value is -2.27. The van der Waals surface area contributed by atoms with Gasteiger partial charge in [0.25, 0.3) is 0 Å². The fourth-order valence-corrected chi connectivity index (χ4v) is 2.55. The molecular weight excluding hydrogens is 314 g/mol. The average Bonchev–Trinajstić information content (AvgIpc) is 2.50. The zero-order valence-corrected chi connectivity index (χ0v) is 13.3. The fourth-order valence-electron chi connectivity index (χ4n) is 2.31. The molecule has 1 amide bonds. The molecule has 3 N–H and O–H groups in total. The molecule has 0 atom stereocenters. The van der Waals surface area contributed by atoms with Crippen LogP contribution in [0.5, 0.6) is 5.75 Å². The van der Waals surface area contributed by atoms with E-state index in [9.17, 15) is 4.79 Å². The van der Waals surface area contributed by atoms with Gasteiger partial charge in [-0.1, -0.05) is 29.8 Å². The zero-order valence-electron chi connectivity index (χ0n) is 12.6. The van der Waals surface area contributed by atoms with Gasteiger partial charge in [-0.2, -0.15) is 0 Å². The van der Waals surface area contributed by atoms with Crippen molar-refractivity contribution in [3.63, 3.8) is 0 Å². The molecule has 0 spiro atoms. The Balaban J connectivity index is 1.69. The van der Waals surface area contributed by atoms with E-state index in [0.29, 0.717) is 23.5 Å². The Morgan fingerprint density at radius 1 is 1.39 bits per heavy atom. The molecule has 120 valence electrons. The largest absolute Gasteiger partial charge is 0.490 e. The first-order valence-corrected chi connectivity index (χ1v) is 7.95. The summed E-state index contributed by atoms with van der Waals surface area (Å²) in [7, 11) is 0. The van der Waals surface area contributed by atoms with Crippen molar-refractivity contribution in [2.45, 2.75) is 31.9 Å². The summed E-state index contributed by atoms with van der Waals surface area (Å²) in [6, 6.07) is 9.42. The Bertz CT molecular complexity index is 717. The van der Waals surface area contributed by atoms with Crippen LogP contribution in [0.25, 0.3) is 0 Å². The lowest BCUT2D eigenvalue weighted by Gasteiger charge is -2.27. The third-order valence-corrected chi connectivity index (χ3v) is 4.18. The van der Waals surface area contributed by atoms with E-state index in [4.69, 9.17) is 22.1 Å². The zero-order chi connectivity index (χ0) is 16.2. The summed E-state index contributed by atoms with van der Waals surface area (Å²) < 4.78 is 6.00. The number of primary amides is 1. The van der Waals surface area contributed by atoms with Crippen LogP contribution in [0.4, 0.5) is 5.82 Å². The van der Waals surface area contributed by atoms with Gasteiger partial charge in [0.2, 0.25) is 5.91 Å². The molecule has 1 aromatic heterocycles. The summed E-state index contributed by atoms with van der Waals surface area (Å²) in [6.45, 7) is 0.533. The van der Waals surface area contributed by atoms with E-state index in [-0.39, 0.29) is 5.56 Å². The van der Waals surface area contributed by atoms with E-state index in [1.165, 1.54) is 18.7 Å². The molecule has 1 aliphatic carbocycles. The van der Waals surface area contributed by atoms with Gasteiger partial charge in [0.15, 0.2) is 0 Å². The van der Waals surface area contributed by atoms with Gasteiger partial charge in [-0.05, 0) is 31.4 Å². The van der Waals surface area contributed by atoms with Crippen LogP contribution in [0.15, 0.2) is 36.5 Å². The first kappa shape index (κ1) is 15.6. The van der Waals surface area contributed by atoms with E-state index in [1.54, 1.807) is 0 Å². The summed E-state index contributed by atoms with van der Waals surface area (Å²) >= 11 is 6.13. The second-order valence-electron chi connectivity index (χ2n) is 5.55. The number of nitrogens with two attached hydrogens (primary N) is 1. The molecule has 0 aliphatic heterocycles. The van der Waals surface area contributed by atoms with Crippen molar-refractivity contribution in [2.24, 2.45) is 5.73 Å². The maximum atomic E-state index is 11.1. The van der Waals surface area contributed by atoms with E-state index in [1.807, 2.05) is 24.3 Å². The summed E-state index contributed by atoms with van der Waals surface area (Å²) in [4.78, 5) is 15.3. The van der Waals surface area contributed by atoms with Crippen LogP contribution in [-0.2, 0) is 6.54 Å². The number of pyridine rings is 1. The number of nitrogens with zero attached hydrogens (tertiary/aromatic N) is 1. The van der Waals surface area contributed by atoms with Crippen molar-refractivity contribution >= 4 is 23.3 Å². The normalized spacial score (nSPS) is 14.1. The molecule has 5 nitrogen and oxygen atoms in total. The molecule has 1 fully saturated rings. The molecule has 23 heavy (non-hydrogen) atoms. The highest BCUT2D eigenvalue weighted by Gasteiger charge is 2.20. The monoisotopic (exact) mass is 331 g/mol. The molecule has 1 aromatic carbocycles. The molecule has 3 rings (SSSR count). The summed E-state index contributed by atoms with van der Waals surface area (Å²) in [6.07, 6.45) is 5.20. The maximum absolute atomic E-state index is 11.1. The topological polar surface area (TPSA) is 77.2 Å². The van der Waals surface area contributed by atoms with Crippen LogP contribution in [-0.4, -0.2) is 17.0 Å². The summed E-state index contributed by atoms with van der Waals surface area (Å²) in [5.74, 6) is 0.842. The van der Waals surface area contributed by atoms with Crippen molar-refractivity contribution in [2.75, 3.05) is 5.32 Å². The van der Waals surface area contributed by atoms with Crippen molar-refractivity contribution in [1.29, 1.82) is 0 Å². The highest BCUT2D eigenvalue weighted by atomic mass is 35.5. The number of rotatable bonds is 6. The molecule has 1 heterocycles. The second-order valence-corrected chi connectivity index (χ2v) is 5.96. The smallest absolute Gasteiger partial charge is 0.250 e. The predicted molar refractivity (Wildman–Crippen MR) is 89.8 cm³/mol. The van der Waals surface area contributed by atoms with Crippen LogP contribution < -0.4 is 15.8 Å². The fraction of sp³-hybridized carbons (Fsp3) is 0.294. The molecule has 0 bridgehead atoms. The Labute approximate surface area is 139 Å². The Kier molecular flexibility index (Phi) is 4.67. The number of halogens is 1. The lowest BCUT2D eigenvalue weighted by Crippen LogP contribution is -2.25. The average molecular weight is 332 g/mol. The summed E-state index contributed by atoms with van der Waals surface area (Å²) in [5, 5.41) is 3.53. The number of aromatic nitrogens is 1. The number of hydrogen-bond acceptors (Lipinski definition) is 4. The van der Waals surface area contributed by atoms with Gasteiger partial charge in [-0.15, -0.1) is 0 Å². The van der Waals surface area contributed by atoms with Gasteiger partial charge in [-0.25, -0.2) is 4.98 Å². The van der Waals surface area contributed by atoms with Gasteiger partial charge < -0.3 is 15.8 Å². The molecular formula is C17H18ClN3O2. The van der Waals surface area contributed by atoms with Crippen LogP contribution in [0.3, 0.4) is 0 Å². The molecule has 0 radical (unpaired) electrons. The molecule has 0 saturated heterocycles. The van der Waals surface area contributed by atoms with Crippen molar-refractivity contribution in [3.8, 4) is 5.75 Å². The van der Waals surface area contributed by atoms with Crippen molar-refractivity contribution < 1.29 is 9.53 Å². The van der Waals surface area contributed by atoms with Crippen LogP contribution in [0.2, 0.25) is 5.02 Å². The maximum Gasteiger partial charge on any atom is 0.250 e. The van der Waals surface area contributed by atoms with E-state index in [2.05, 4.69) is 10.3 Å². The van der Waals surface area contributed by atoms with Crippen molar-refractivity contribution in [1.82, 2.24) is 4.98 Å². The first-order chi connectivity index (χ1) is 11.1. The van der Waals surface area contributed by atoms with Crippen LogP contribution in [0.1, 0.15) is 35.2 Å². The minimum absolute atomic E-state index is 0.286. The number of carbonyl (C=O) groups excluding carboxylic acids is 1. The van der Waals surface area contributed by atoms with E-state index < -0.39 is 5.91 Å². The number of benzene rings is 1. The van der Waals surface area contributed by atoms with E-state index >= 15 is 0 Å². The van der Waals surface area contributed by atoms with Gasteiger partial charge in [0, 0.05) is 18.3 Å². The highest BCUT2D eigenvalue weighted by molar-refractivity contribution is 6.33. The van der Waals surface area contributed by atoms with E-state index in [0.717, 1.165) is 24.2 Å². The highest BCUT2D eigenvalue weighted by Crippen LogP contribution is 2.28. The predicted octanol–water partition coefficient (Wildman–Crippen LogP) is 3.38. The van der Waals surface area contributed by atoms with Gasteiger partial charge in [-0.3, -0.25) is 4.79 Å². The summed E-state index contributed by atoms with van der Waals surface area (Å²) in [5.41, 5.74) is 6.53. The Morgan fingerprint density at radius 2 is 2.17 bits per heavy atom. The number of para-hydroxylation sites is 1. The third-order valence-electron chi connectivity index (χ3n) is 3.89. The quantitative estimate of drug-likeness (QED) is 0.850. The SMILES string of the molecule is NC(=O)c1cnc(NCc2ccccc2OC2CCC2)c(Cl)c1. The number of nitrogens with one attached hydrogen (secondary N) is 1. The van der Waals surface area contributed by atoms with Crippen LogP contribution >= 0.6 is 11.6 Å². The van der Waals surface area contributed by atoms with Gasteiger partial charge >= 0.3 is 0 Å². The number of carbonyl (C=O) groups is 1. The first-order valence-electron chi connectivity index (χ1n) is 7.57. The number of amides is 1.